The Morgan fingerprint density at radius 3 is 2.67 bits per heavy atom. The summed E-state index contributed by atoms with van der Waals surface area (Å²) in [7, 11) is 0. The van der Waals surface area contributed by atoms with E-state index >= 15 is 0 Å². The molecule has 0 aromatic heterocycles. The van der Waals surface area contributed by atoms with Gasteiger partial charge in [0.15, 0.2) is 0 Å². The van der Waals surface area contributed by atoms with Gasteiger partial charge in [-0.05, 0) is 25.5 Å². The van der Waals surface area contributed by atoms with Gasteiger partial charge in [-0.25, -0.2) is 4.79 Å². The lowest BCUT2D eigenvalue weighted by Crippen LogP contribution is -2.01. The summed E-state index contributed by atoms with van der Waals surface area (Å²) in [5.74, 6) is -1.01. The van der Waals surface area contributed by atoms with Crippen LogP contribution in [0.3, 0.4) is 0 Å². The number of rotatable bonds is 3. The molecule has 0 aliphatic rings. The molecule has 0 aliphatic carbocycles. The number of hydrogen-bond acceptors (Lipinski definition) is 3. The van der Waals surface area contributed by atoms with Gasteiger partial charge in [0.1, 0.15) is 0 Å². The van der Waals surface area contributed by atoms with Gasteiger partial charge in [0.05, 0.1) is 17.9 Å². The molecular formula is C11H13NO3. The number of nitrogens with zero attached hydrogens (tertiary/aromatic N) is 1. The summed E-state index contributed by atoms with van der Waals surface area (Å²) in [6.45, 7) is 3.27. The summed E-state index contributed by atoms with van der Waals surface area (Å²) >= 11 is 0. The van der Waals surface area contributed by atoms with Crippen molar-refractivity contribution in [2.75, 3.05) is 6.61 Å². The molecule has 0 fully saturated rings. The van der Waals surface area contributed by atoms with E-state index in [2.05, 4.69) is 4.99 Å². The van der Waals surface area contributed by atoms with E-state index in [1.54, 1.807) is 26.0 Å². The normalized spacial score (nSPS) is 11.5. The Morgan fingerprint density at radius 2 is 2.13 bits per heavy atom. The maximum atomic E-state index is 10.9. The molecule has 0 saturated heterocycles. The fraction of sp³-hybridized carbons (Fsp3) is 0.273. The number of hydrogen-bond donors (Lipinski definition) is 2. The van der Waals surface area contributed by atoms with Gasteiger partial charge < -0.3 is 10.2 Å². The number of aryl methyl sites for hydroxylation is 1. The van der Waals surface area contributed by atoms with Gasteiger partial charge in [-0.2, -0.15) is 0 Å². The monoisotopic (exact) mass is 207 g/mol. The molecule has 0 unspecified atom stereocenters. The Balaban J connectivity index is 3.31. The second-order valence-electron chi connectivity index (χ2n) is 3.28. The van der Waals surface area contributed by atoms with Gasteiger partial charge in [0.2, 0.25) is 0 Å². The zero-order valence-electron chi connectivity index (χ0n) is 8.69. The third kappa shape index (κ3) is 2.63. The number of aromatic carboxylic acids is 1. The minimum atomic E-state index is -1.01. The van der Waals surface area contributed by atoms with Crippen molar-refractivity contribution in [3.05, 3.63) is 29.3 Å². The highest BCUT2D eigenvalue weighted by atomic mass is 16.4. The molecule has 0 spiro atoms. The molecule has 0 amide bonds. The predicted octanol–water partition coefficient (Wildman–Crippen LogP) is 1.78. The van der Waals surface area contributed by atoms with Crippen LogP contribution in [0.25, 0.3) is 0 Å². The maximum absolute atomic E-state index is 10.9. The second kappa shape index (κ2) is 4.70. The van der Waals surface area contributed by atoms with Crippen LogP contribution in [0.2, 0.25) is 0 Å². The van der Waals surface area contributed by atoms with Crippen LogP contribution in [0.5, 0.6) is 0 Å². The molecule has 4 nitrogen and oxygen atoms in total. The van der Waals surface area contributed by atoms with E-state index < -0.39 is 5.97 Å². The number of para-hydroxylation sites is 1. The van der Waals surface area contributed by atoms with Gasteiger partial charge in [0, 0.05) is 5.71 Å². The molecule has 15 heavy (non-hydrogen) atoms. The van der Waals surface area contributed by atoms with Gasteiger partial charge in [-0.15, -0.1) is 0 Å². The first kappa shape index (κ1) is 11.4. The van der Waals surface area contributed by atoms with Crippen molar-refractivity contribution in [1.29, 1.82) is 0 Å². The fourth-order valence-electron chi connectivity index (χ4n) is 1.21. The molecule has 1 rings (SSSR count). The van der Waals surface area contributed by atoms with Crippen molar-refractivity contribution in [3.63, 3.8) is 0 Å². The summed E-state index contributed by atoms with van der Waals surface area (Å²) in [4.78, 5) is 15.0. The lowest BCUT2D eigenvalue weighted by Gasteiger charge is -2.05. The van der Waals surface area contributed by atoms with Crippen LogP contribution >= 0.6 is 0 Å². The van der Waals surface area contributed by atoms with Gasteiger partial charge in [-0.1, -0.05) is 12.1 Å². The summed E-state index contributed by atoms with van der Waals surface area (Å²) in [6.07, 6.45) is 0. The molecule has 80 valence electrons. The Hall–Kier alpha value is -1.68. The average molecular weight is 207 g/mol. The van der Waals surface area contributed by atoms with Crippen LogP contribution in [-0.2, 0) is 0 Å². The van der Waals surface area contributed by atoms with Gasteiger partial charge in [0.25, 0.3) is 0 Å². The molecule has 0 bridgehead atoms. The number of benzene rings is 1. The van der Waals surface area contributed by atoms with Crippen molar-refractivity contribution >= 4 is 17.4 Å². The highest BCUT2D eigenvalue weighted by Gasteiger charge is 2.11. The van der Waals surface area contributed by atoms with E-state index in [4.69, 9.17) is 10.2 Å². The Morgan fingerprint density at radius 1 is 1.47 bits per heavy atom. The predicted molar refractivity (Wildman–Crippen MR) is 58.0 cm³/mol. The Labute approximate surface area is 87.9 Å². The van der Waals surface area contributed by atoms with E-state index in [0.717, 1.165) is 5.56 Å². The molecule has 0 atom stereocenters. The van der Waals surface area contributed by atoms with Crippen LogP contribution in [-0.4, -0.2) is 28.5 Å². The minimum absolute atomic E-state index is 0.155. The summed E-state index contributed by atoms with van der Waals surface area (Å²) in [5, 5.41) is 17.8. The lowest BCUT2D eigenvalue weighted by molar-refractivity contribution is 0.0697. The number of carboxylic acids is 1. The Kier molecular flexibility index (Phi) is 3.57. The zero-order valence-corrected chi connectivity index (χ0v) is 8.69. The first-order chi connectivity index (χ1) is 7.06. The van der Waals surface area contributed by atoms with Crippen molar-refractivity contribution in [1.82, 2.24) is 0 Å². The van der Waals surface area contributed by atoms with E-state index in [0.29, 0.717) is 11.4 Å². The molecule has 4 heteroatoms. The minimum Gasteiger partial charge on any atom is -0.478 e. The standard InChI is InChI=1S/C11H13NO3/c1-7-4-3-5-9(11(14)15)10(7)12-8(2)6-13/h3-5,13H,6H2,1-2H3,(H,14,15). The molecule has 0 saturated carbocycles. The number of aliphatic hydroxyl groups excluding tert-OH is 1. The van der Waals surface area contributed by atoms with Crippen LogP contribution in [0.15, 0.2) is 23.2 Å². The third-order valence-corrected chi connectivity index (χ3v) is 2.00. The second-order valence-corrected chi connectivity index (χ2v) is 3.28. The molecule has 1 aromatic carbocycles. The summed E-state index contributed by atoms with van der Waals surface area (Å²) in [6, 6.07) is 4.96. The number of aliphatic hydroxyl groups is 1. The molecule has 0 heterocycles. The summed E-state index contributed by atoms with van der Waals surface area (Å²) < 4.78 is 0. The quantitative estimate of drug-likeness (QED) is 0.742. The van der Waals surface area contributed by atoms with Crippen LogP contribution in [0, 0.1) is 6.92 Å². The van der Waals surface area contributed by atoms with Crippen molar-refractivity contribution < 1.29 is 15.0 Å². The molecular weight excluding hydrogens is 194 g/mol. The number of carboxylic acid groups (broad SMARTS) is 1. The van der Waals surface area contributed by atoms with E-state index in [1.807, 2.05) is 0 Å². The van der Waals surface area contributed by atoms with Crippen molar-refractivity contribution in [2.24, 2.45) is 4.99 Å². The fourth-order valence-corrected chi connectivity index (χ4v) is 1.21. The largest absolute Gasteiger partial charge is 0.478 e. The van der Waals surface area contributed by atoms with Gasteiger partial charge in [-0.3, -0.25) is 4.99 Å². The SMILES string of the molecule is CC(CO)=Nc1c(C)cccc1C(=O)O. The molecule has 1 aromatic rings. The highest BCUT2D eigenvalue weighted by molar-refractivity contribution is 5.96. The maximum Gasteiger partial charge on any atom is 0.337 e. The molecule has 0 radical (unpaired) electrons. The van der Waals surface area contributed by atoms with Crippen molar-refractivity contribution in [2.45, 2.75) is 13.8 Å². The Bertz CT molecular complexity index is 410. The average Bonchev–Trinajstić information content (AvgIpc) is 2.20. The summed E-state index contributed by atoms with van der Waals surface area (Å²) in [5.41, 5.74) is 1.84. The molecule has 0 aliphatic heterocycles. The van der Waals surface area contributed by atoms with Crippen LogP contribution in [0.1, 0.15) is 22.8 Å². The van der Waals surface area contributed by atoms with E-state index in [-0.39, 0.29) is 12.2 Å². The van der Waals surface area contributed by atoms with E-state index in [9.17, 15) is 4.79 Å². The first-order valence-electron chi connectivity index (χ1n) is 4.54. The molecule has 2 N–H and O–H groups in total. The van der Waals surface area contributed by atoms with E-state index in [1.165, 1.54) is 6.07 Å². The van der Waals surface area contributed by atoms with Crippen molar-refractivity contribution in [3.8, 4) is 0 Å². The zero-order chi connectivity index (χ0) is 11.4. The highest BCUT2D eigenvalue weighted by Crippen LogP contribution is 2.24. The van der Waals surface area contributed by atoms with Crippen LogP contribution < -0.4 is 0 Å². The smallest absolute Gasteiger partial charge is 0.337 e. The third-order valence-electron chi connectivity index (χ3n) is 2.00. The number of carbonyl (C=O) groups is 1. The lowest BCUT2D eigenvalue weighted by atomic mass is 10.1. The topological polar surface area (TPSA) is 69.9 Å². The van der Waals surface area contributed by atoms with Gasteiger partial charge >= 0.3 is 5.97 Å². The number of aliphatic imine (C=N–C) groups is 1. The van der Waals surface area contributed by atoms with Crippen LogP contribution in [0.4, 0.5) is 5.69 Å². The first-order valence-corrected chi connectivity index (χ1v) is 4.54.